The third-order valence-corrected chi connectivity index (χ3v) is 3.61. The molecule has 0 aliphatic rings. The molecule has 0 aliphatic carbocycles. The van der Waals surface area contributed by atoms with Crippen LogP contribution in [0.15, 0.2) is 42.6 Å². The molecule has 92 valence electrons. The van der Waals surface area contributed by atoms with E-state index in [0.717, 1.165) is 11.1 Å². The number of hydrogen-bond donors (Lipinski definition) is 1. The maximum Gasteiger partial charge on any atom is 0.180 e. The minimum Gasteiger partial charge on any atom is -0.384 e. The molecule has 4 heteroatoms. The molecule has 0 saturated carbocycles. The highest BCUT2D eigenvalue weighted by Gasteiger charge is 2.19. The Morgan fingerprint density at radius 2 is 1.94 bits per heavy atom. The van der Waals surface area contributed by atoms with Crippen molar-refractivity contribution in [2.75, 3.05) is 5.73 Å². The molecule has 1 aromatic carbocycles. The quantitative estimate of drug-likeness (QED) is 0.699. The second kappa shape index (κ2) is 5.31. The zero-order valence-electron chi connectivity index (χ0n) is 9.93. The molecule has 1 aromatic heterocycles. The van der Waals surface area contributed by atoms with Gasteiger partial charge in [0.05, 0.1) is 0 Å². The zero-order valence-corrected chi connectivity index (χ0v) is 11.5. The summed E-state index contributed by atoms with van der Waals surface area (Å²) >= 11 is 3.41. The second-order valence-corrected chi connectivity index (χ2v) is 5.02. The van der Waals surface area contributed by atoms with E-state index < -0.39 is 4.83 Å². The maximum absolute atomic E-state index is 12.3. The molecule has 1 heterocycles. The Balaban J connectivity index is 2.26. The normalized spacial score (nSPS) is 12.1. The number of aromatic nitrogens is 1. The van der Waals surface area contributed by atoms with Gasteiger partial charge in [0.1, 0.15) is 10.6 Å². The van der Waals surface area contributed by atoms with Gasteiger partial charge in [0.25, 0.3) is 0 Å². The molecule has 0 radical (unpaired) electrons. The van der Waals surface area contributed by atoms with Gasteiger partial charge in [-0.3, -0.25) is 4.79 Å². The monoisotopic (exact) mass is 304 g/mol. The van der Waals surface area contributed by atoms with Crippen LogP contribution in [0.25, 0.3) is 0 Å². The Hall–Kier alpha value is -1.68. The first kappa shape index (κ1) is 12.8. The number of halogens is 1. The molecule has 3 nitrogen and oxygen atoms in total. The first-order chi connectivity index (χ1) is 8.58. The number of alkyl halides is 1. The number of rotatable bonds is 3. The maximum atomic E-state index is 12.3. The van der Waals surface area contributed by atoms with Gasteiger partial charge in [-0.2, -0.15) is 0 Å². The Labute approximate surface area is 114 Å². The molecule has 1 unspecified atom stereocenters. The summed E-state index contributed by atoms with van der Waals surface area (Å²) in [5.74, 6) is 0.425. The number of nitrogen functional groups attached to an aromatic ring is 1. The smallest absolute Gasteiger partial charge is 0.180 e. The molecule has 2 N–H and O–H groups in total. The van der Waals surface area contributed by atoms with E-state index in [-0.39, 0.29) is 5.78 Å². The highest BCUT2D eigenvalue weighted by Crippen LogP contribution is 2.27. The molecule has 0 spiro atoms. The number of benzene rings is 1. The topological polar surface area (TPSA) is 56.0 Å². The lowest BCUT2D eigenvalue weighted by Gasteiger charge is -2.09. The van der Waals surface area contributed by atoms with Crippen molar-refractivity contribution in [1.82, 2.24) is 4.98 Å². The summed E-state index contributed by atoms with van der Waals surface area (Å²) in [7, 11) is 0. The fraction of sp³-hybridized carbons (Fsp3) is 0.143. The summed E-state index contributed by atoms with van der Waals surface area (Å²) < 4.78 is 0. The molecule has 0 aliphatic heterocycles. The molecule has 0 bridgehead atoms. The SMILES string of the molecule is Cc1ccc(C(=O)C(Br)c2ccnc(N)c2)cc1. The van der Waals surface area contributed by atoms with Gasteiger partial charge in [-0.1, -0.05) is 45.8 Å². The lowest BCUT2D eigenvalue weighted by molar-refractivity contribution is 0.0991. The summed E-state index contributed by atoms with van der Waals surface area (Å²) in [6, 6.07) is 11.0. The van der Waals surface area contributed by atoms with Crippen molar-refractivity contribution >= 4 is 27.5 Å². The van der Waals surface area contributed by atoms with Crippen LogP contribution in [-0.4, -0.2) is 10.8 Å². The Bertz CT molecular complexity index is 566. The van der Waals surface area contributed by atoms with E-state index in [4.69, 9.17) is 5.73 Å². The predicted molar refractivity (Wildman–Crippen MR) is 75.8 cm³/mol. The van der Waals surface area contributed by atoms with E-state index in [1.807, 2.05) is 31.2 Å². The highest BCUT2D eigenvalue weighted by atomic mass is 79.9. The van der Waals surface area contributed by atoms with Crippen LogP contribution in [0.3, 0.4) is 0 Å². The predicted octanol–water partition coefficient (Wildman–Crippen LogP) is 3.29. The molecule has 1 atom stereocenters. The zero-order chi connectivity index (χ0) is 13.1. The van der Waals surface area contributed by atoms with Crippen molar-refractivity contribution in [2.24, 2.45) is 0 Å². The van der Waals surface area contributed by atoms with Crippen LogP contribution in [-0.2, 0) is 0 Å². The van der Waals surface area contributed by atoms with Gasteiger partial charge in [0.2, 0.25) is 0 Å². The molecular formula is C14H13BrN2O. The van der Waals surface area contributed by atoms with Crippen LogP contribution in [0.2, 0.25) is 0 Å². The molecule has 0 amide bonds. The molecular weight excluding hydrogens is 292 g/mol. The number of hydrogen-bond acceptors (Lipinski definition) is 3. The van der Waals surface area contributed by atoms with Crippen molar-refractivity contribution in [2.45, 2.75) is 11.8 Å². The molecule has 2 aromatic rings. The van der Waals surface area contributed by atoms with Crippen LogP contribution < -0.4 is 5.73 Å². The van der Waals surface area contributed by atoms with E-state index in [1.54, 1.807) is 18.3 Å². The Morgan fingerprint density at radius 1 is 1.28 bits per heavy atom. The average Bonchev–Trinajstić information content (AvgIpc) is 2.38. The standard InChI is InChI=1S/C14H13BrN2O/c1-9-2-4-10(5-3-9)14(18)13(15)11-6-7-17-12(16)8-11/h2-8,13H,1H3,(H2,16,17). The van der Waals surface area contributed by atoms with Crippen molar-refractivity contribution < 1.29 is 4.79 Å². The van der Waals surface area contributed by atoms with Gasteiger partial charge in [0.15, 0.2) is 5.78 Å². The summed E-state index contributed by atoms with van der Waals surface area (Å²) in [5.41, 5.74) is 8.23. The van der Waals surface area contributed by atoms with Gasteiger partial charge in [-0.15, -0.1) is 0 Å². The highest BCUT2D eigenvalue weighted by molar-refractivity contribution is 9.09. The largest absolute Gasteiger partial charge is 0.384 e. The van der Waals surface area contributed by atoms with Gasteiger partial charge in [0, 0.05) is 11.8 Å². The number of aryl methyl sites for hydroxylation is 1. The van der Waals surface area contributed by atoms with Crippen LogP contribution in [0.1, 0.15) is 26.3 Å². The molecule has 2 rings (SSSR count). The first-order valence-electron chi connectivity index (χ1n) is 5.54. The minimum atomic E-state index is -0.398. The van der Waals surface area contributed by atoms with Gasteiger partial charge >= 0.3 is 0 Å². The number of Topliss-reactive ketones (excluding diaryl/α,β-unsaturated/α-hetero) is 1. The summed E-state index contributed by atoms with van der Waals surface area (Å²) in [6.07, 6.45) is 1.60. The number of nitrogens with two attached hydrogens (primary N) is 1. The van der Waals surface area contributed by atoms with Crippen molar-refractivity contribution in [3.8, 4) is 0 Å². The molecule has 0 fully saturated rings. The van der Waals surface area contributed by atoms with Crippen LogP contribution in [0.5, 0.6) is 0 Å². The van der Waals surface area contributed by atoms with Crippen molar-refractivity contribution in [3.63, 3.8) is 0 Å². The third-order valence-electron chi connectivity index (χ3n) is 2.66. The van der Waals surface area contributed by atoms with Crippen molar-refractivity contribution in [1.29, 1.82) is 0 Å². The Kier molecular flexibility index (Phi) is 3.77. The number of anilines is 1. The third kappa shape index (κ3) is 2.76. The fourth-order valence-corrected chi connectivity index (χ4v) is 2.19. The minimum absolute atomic E-state index is 0.0144. The van der Waals surface area contributed by atoms with Crippen molar-refractivity contribution in [3.05, 3.63) is 59.3 Å². The van der Waals surface area contributed by atoms with E-state index >= 15 is 0 Å². The van der Waals surface area contributed by atoms with E-state index in [9.17, 15) is 4.79 Å². The van der Waals surface area contributed by atoms with Crippen LogP contribution in [0, 0.1) is 6.92 Å². The van der Waals surface area contributed by atoms with Crippen LogP contribution in [0.4, 0.5) is 5.82 Å². The number of carbonyl (C=O) groups is 1. The van der Waals surface area contributed by atoms with E-state index in [0.29, 0.717) is 11.4 Å². The lowest BCUT2D eigenvalue weighted by Crippen LogP contribution is -2.07. The van der Waals surface area contributed by atoms with Crippen LogP contribution >= 0.6 is 15.9 Å². The molecule has 18 heavy (non-hydrogen) atoms. The molecule has 0 saturated heterocycles. The fourth-order valence-electron chi connectivity index (χ4n) is 1.64. The summed E-state index contributed by atoms with van der Waals surface area (Å²) in [4.78, 5) is 15.8. The number of carbonyl (C=O) groups excluding carboxylic acids is 1. The van der Waals surface area contributed by atoms with Gasteiger partial charge in [-0.25, -0.2) is 4.98 Å². The summed E-state index contributed by atoms with van der Waals surface area (Å²) in [6.45, 7) is 1.99. The number of ketones is 1. The number of pyridine rings is 1. The van der Waals surface area contributed by atoms with Gasteiger partial charge < -0.3 is 5.73 Å². The lowest BCUT2D eigenvalue weighted by atomic mass is 10.0. The Morgan fingerprint density at radius 3 is 2.56 bits per heavy atom. The average molecular weight is 305 g/mol. The van der Waals surface area contributed by atoms with E-state index in [1.165, 1.54) is 0 Å². The second-order valence-electron chi connectivity index (χ2n) is 4.11. The van der Waals surface area contributed by atoms with Gasteiger partial charge in [-0.05, 0) is 24.6 Å². The number of nitrogens with zero attached hydrogens (tertiary/aromatic N) is 1. The van der Waals surface area contributed by atoms with E-state index in [2.05, 4.69) is 20.9 Å². The first-order valence-corrected chi connectivity index (χ1v) is 6.46. The summed E-state index contributed by atoms with van der Waals surface area (Å²) in [5, 5.41) is 0.